The summed E-state index contributed by atoms with van der Waals surface area (Å²) >= 11 is 0. The number of sulfonamides is 1. The molecule has 0 atom stereocenters. The zero-order chi connectivity index (χ0) is 14.0. The Kier molecular flexibility index (Phi) is 3.50. The molecule has 0 unspecified atom stereocenters. The van der Waals surface area contributed by atoms with E-state index in [-0.39, 0.29) is 18.0 Å². The first-order valence-electron chi connectivity index (χ1n) is 5.52. The maximum Gasteiger partial charge on any atom is 0.289 e. The largest absolute Gasteiger partial charge is 0.289 e. The Morgan fingerprint density at radius 3 is 2.63 bits per heavy atom. The standard InChI is InChI=1S/C12H12N2O4S/c1-2-10-7-8-13(9-10)19(17,18)12-6-4-3-5-11(12)14(15)16/h2-7H,1,8-9H2. The van der Waals surface area contributed by atoms with Gasteiger partial charge in [0.25, 0.3) is 5.69 Å². The van der Waals surface area contributed by atoms with Gasteiger partial charge in [-0.05, 0) is 11.6 Å². The molecule has 1 aromatic carbocycles. The zero-order valence-corrected chi connectivity index (χ0v) is 10.8. The van der Waals surface area contributed by atoms with Crippen molar-refractivity contribution in [3.63, 3.8) is 0 Å². The summed E-state index contributed by atoms with van der Waals surface area (Å²) < 4.78 is 25.9. The van der Waals surface area contributed by atoms with Gasteiger partial charge in [0.1, 0.15) is 0 Å². The average Bonchev–Trinajstić information content (AvgIpc) is 2.88. The normalized spacial score (nSPS) is 16.1. The van der Waals surface area contributed by atoms with Crippen LogP contribution in [0, 0.1) is 10.1 Å². The van der Waals surface area contributed by atoms with Gasteiger partial charge in [-0.2, -0.15) is 4.31 Å². The molecule has 1 aliphatic heterocycles. The van der Waals surface area contributed by atoms with Crippen molar-refractivity contribution in [1.82, 2.24) is 4.31 Å². The highest BCUT2D eigenvalue weighted by Gasteiger charge is 2.32. The first-order valence-corrected chi connectivity index (χ1v) is 6.96. The van der Waals surface area contributed by atoms with Crippen molar-refractivity contribution in [2.45, 2.75) is 4.90 Å². The van der Waals surface area contributed by atoms with Crippen molar-refractivity contribution in [1.29, 1.82) is 0 Å². The second-order valence-corrected chi connectivity index (χ2v) is 5.91. The van der Waals surface area contributed by atoms with Gasteiger partial charge in [0, 0.05) is 19.2 Å². The summed E-state index contributed by atoms with van der Waals surface area (Å²) in [5.41, 5.74) is 0.386. The second kappa shape index (κ2) is 4.94. The molecule has 0 bridgehead atoms. The number of benzene rings is 1. The van der Waals surface area contributed by atoms with Crippen LogP contribution in [-0.4, -0.2) is 30.7 Å². The van der Waals surface area contributed by atoms with Crippen molar-refractivity contribution in [2.24, 2.45) is 0 Å². The van der Waals surface area contributed by atoms with Crippen LogP contribution in [0.2, 0.25) is 0 Å². The summed E-state index contributed by atoms with van der Waals surface area (Å²) in [6.07, 6.45) is 3.31. The molecule has 2 rings (SSSR count). The average molecular weight is 280 g/mol. The Labute approximate surface area is 110 Å². The van der Waals surface area contributed by atoms with E-state index in [0.29, 0.717) is 0 Å². The van der Waals surface area contributed by atoms with Crippen molar-refractivity contribution in [3.8, 4) is 0 Å². The Morgan fingerprint density at radius 1 is 1.37 bits per heavy atom. The van der Waals surface area contributed by atoms with Crippen LogP contribution in [0.25, 0.3) is 0 Å². The molecule has 1 heterocycles. The van der Waals surface area contributed by atoms with E-state index in [1.807, 2.05) is 0 Å². The minimum atomic E-state index is -3.87. The van der Waals surface area contributed by atoms with E-state index in [1.165, 1.54) is 28.6 Å². The molecule has 7 heteroatoms. The summed E-state index contributed by atoms with van der Waals surface area (Å²) in [5.74, 6) is 0. The molecule has 19 heavy (non-hydrogen) atoms. The Morgan fingerprint density at radius 2 is 2.05 bits per heavy atom. The number of hydrogen-bond acceptors (Lipinski definition) is 4. The third-order valence-electron chi connectivity index (χ3n) is 2.86. The highest BCUT2D eigenvalue weighted by molar-refractivity contribution is 7.89. The van der Waals surface area contributed by atoms with Crippen LogP contribution >= 0.6 is 0 Å². The lowest BCUT2D eigenvalue weighted by Gasteiger charge is -2.15. The number of nitro groups is 1. The molecule has 0 aromatic heterocycles. The molecule has 0 aliphatic carbocycles. The van der Waals surface area contributed by atoms with Crippen LogP contribution in [0.4, 0.5) is 5.69 Å². The number of para-hydroxylation sites is 1. The number of rotatable bonds is 4. The van der Waals surface area contributed by atoms with E-state index in [0.717, 1.165) is 5.57 Å². The van der Waals surface area contributed by atoms with E-state index in [2.05, 4.69) is 6.58 Å². The lowest BCUT2D eigenvalue weighted by Crippen LogP contribution is -2.29. The first kappa shape index (κ1) is 13.4. The van der Waals surface area contributed by atoms with Crippen LogP contribution in [0.3, 0.4) is 0 Å². The van der Waals surface area contributed by atoms with Gasteiger partial charge >= 0.3 is 0 Å². The van der Waals surface area contributed by atoms with Gasteiger partial charge in [-0.25, -0.2) is 8.42 Å². The van der Waals surface area contributed by atoms with E-state index in [1.54, 1.807) is 12.2 Å². The van der Waals surface area contributed by atoms with Gasteiger partial charge in [0.15, 0.2) is 4.90 Å². The maximum atomic E-state index is 12.4. The van der Waals surface area contributed by atoms with Gasteiger partial charge in [0.05, 0.1) is 4.92 Å². The predicted octanol–water partition coefficient (Wildman–Crippen LogP) is 1.71. The van der Waals surface area contributed by atoms with Crippen LogP contribution in [0.15, 0.2) is 53.5 Å². The molecule has 0 N–H and O–H groups in total. The molecule has 1 aromatic rings. The molecular weight excluding hydrogens is 268 g/mol. The smallest absolute Gasteiger partial charge is 0.258 e. The SMILES string of the molecule is C=CC1=CCN(S(=O)(=O)c2ccccc2[N+](=O)[O-])C1. The van der Waals surface area contributed by atoms with Gasteiger partial charge in [-0.15, -0.1) is 0 Å². The molecule has 100 valence electrons. The van der Waals surface area contributed by atoms with Crippen molar-refractivity contribution < 1.29 is 13.3 Å². The quantitative estimate of drug-likeness (QED) is 0.621. The van der Waals surface area contributed by atoms with Crippen LogP contribution in [0.5, 0.6) is 0 Å². The Balaban J connectivity index is 2.42. The number of hydrogen-bond donors (Lipinski definition) is 0. The topological polar surface area (TPSA) is 80.5 Å². The van der Waals surface area contributed by atoms with E-state index < -0.39 is 20.6 Å². The summed E-state index contributed by atoms with van der Waals surface area (Å²) in [7, 11) is -3.87. The fourth-order valence-electron chi connectivity index (χ4n) is 1.85. The number of nitrogens with zero attached hydrogens (tertiary/aromatic N) is 2. The molecule has 1 aliphatic rings. The summed E-state index contributed by atoms with van der Waals surface area (Å²) in [6, 6.07) is 5.34. The van der Waals surface area contributed by atoms with Gasteiger partial charge in [0.2, 0.25) is 10.0 Å². The number of nitro benzene ring substituents is 1. The summed E-state index contributed by atoms with van der Waals surface area (Å²) in [6.45, 7) is 3.98. The van der Waals surface area contributed by atoms with Crippen LogP contribution in [0.1, 0.15) is 0 Å². The minimum Gasteiger partial charge on any atom is -0.258 e. The van der Waals surface area contributed by atoms with Crippen LogP contribution in [-0.2, 0) is 10.0 Å². The third kappa shape index (κ3) is 2.42. The highest BCUT2D eigenvalue weighted by Crippen LogP contribution is 2.28. The molecule has 0 radical (unpaired) electrons. The van der Waals surface area contributed by atoms with E-state index in [4.69, 9.17) is 0 Å². The molecule has 0 saturated carbocycles. The van der Waals surface area contributed by atoms with Gasteiger partial charge < -0.3 is 0 Å². The predicted molar refractivity (Wildman–Crippen MR) is 70.1 cm³/mol. The summed E-state index contributed by atoms with van der Waals surface area (Å²) in [5, 5.41) is 10.9. The Hall–Kier alpha value is -1.99. The lowest BCUT2D eigenvalue weighted by molar-refractivity contribution is -0.387. The molecule has 0 spiro atoms. The second-order valence-electron chi connectivity index (χ2n) is 4.01. The Bertz CT molecular complexity index is 664. The van der Waals surface area contributed by atoms with Gasteiger partial charge in [-0.1, -0.05) is 30.9 Å². The molecule has 0 saturated heterocycles. The molecule has 0 fully saturated rings. The fourth-order valence-corrected chi connectivity index (χ4v) is 3.37. The summed E-state index contributed by atoms with van der Waals surface area (Å²) in [4.78, 5) is 9.93. The monoisotopic (exact) mass is 280 g/mol. The van der Waals surface area contributed by atoms with E-state index >= 15 is 0 Å². The van der Waals surface area contributed by atoms with Gasteiger partial charge in [-0.3, -0.25) is 10.1 Å². The zero-order valence-electron chi connectivity index (χ0n) is 10.0. The molecule has 6 nitrogen and oxygen atoms in total. The van der Waals surface area contributed by atoms with Crippen LogP contribution < -0.4 is 0 Å². The van der Waals surface area contributed by atoms with Crippen molar-refractivity contribution in [2.75, 3.05) is 13.1 Å². The molecule has 0 amide bonds. The minimum absolute atomic E-state index is 0.192. The molecular formula is C12H12N2O4S. The highest BCUT2D eigenvalue weighted by atomic mass is 32.2. The van der Waals surface area contributed by atoms with Crippen molar-refractivity contribution in [3.05, 3.63) is 58.7 Å². The third-order valence-corrected chi connectivity index (χ3v) is 4.72. The first-order chi connectivity index (χ1) is 8.96. The lowest BCUT2D eigenvalue weighted by atomic mass is 10.3. The fraction of sp³-hybridized carbons (Fsp3) is 0.167. The maximum absolute atomic E-state index is 12.4. The van der Waals surface area contributed by atoms with Crippen molar-refractivity contribution >= 4 is 15.7 Å². The van der Waals surface area contributed by atoms with E-state index in [9.17, 15) is 18.5 Å².